The van der Waals surface area contributed by atoms with Crippen molar-refractivity contribution < 1.29 is 20.1 Å². The molecule has 1 saturated heterocycles. The molecule has 2 aliphatic heterocycles. The molecule has 2 aliphatic rings. The molecule has 5 rings (SSSR count). The van der Waals surface area contributed by atoms with Gasteiger partial charge >= 0.3 is 0 Å². The van der Waals surface area contributed by atoms with E-state index in [1.165, 1.54) is 5.56 Å². The Labute approximate surface area is 210 Å². The average Bonchev–Trinajstić information content (AvgIpc) is 3.36. The first kappa shape index (κ1) is 24.5. The summed E-state index contributed by atoms with van der Waals surface area (Å²) in [6.07, 6.45) is 0.288. The molecule has 1 fully saturated rings. The van der Waals surface area contributed by atoms with Crippen LogP contribution in [-0.2, 0) is 17.8 Å². The van der Waals surface area contributed by atoms with Crippen molar-refractivity contribution in [2.45, 2.75) is 44.1 Å². The number of anilines is 1. The number of rotatable bonds is 7. The second-order valence-corrected chi connectivity index (χ2v) is 9.95. The maximum Gasteiger partial charge on any atom is 0.164 e. The highest BCUT2D eigenvalue weighted by atomic mass is 16.6. The summed E-state index contributed by atoms with van der Waals surface area (Å²) in [5, 5.41) is 33.0. The molecule has 0 bridgehead atoms. The van der Waals surface area contributed by atoms with Gasteiger partial charge in [0.25, 0.3) is 0 Å². The topological polar surface area (TPSA) is 106 Å². The normalized spacial score (nSPS) is 25.4. The maximum absolute atomic E-state index is 10.8. The van der Waals surface area contributed by atoms with Crippen LogP contribution in [0.15, 0.2) is 65.8 Å². The molecule has 0 aliphatic carbocycles. The first-order chi connectivity index (χ1) is 17.3. The van der Waals surface area contributed by atoms with Crippen LogP contribution in [0.25, 0.3) is 11.1 Å². The van der Waals surface area contributed by atoms with Gasteiger partial charge in [-0.05, 0) is 44.3 Å². The summed E-state index contributed by atoms with van der Waals surface area (Å²) in [7, 11) is 4.09. The van der Waals surface area contributed by atoms with Crippen molar-refractivity contribution in [1.29, 1.82) is 0 Å². The van der Waals surface area contributed by atoms with Crippen molar-refractivity contribution in [3.63, 3.8) is 0 Å². The van der Waals surface area contributed by atoms with E-state index in [-0.39, 0.29) is 0 Å². The van der Waals surface area contributed by atoms with Gasteiger partial charge in [-0.2, -0.15) is 0 Å². The highest BCUT2D eigenvalue weighted by Crippen LogP contribution is 2.44. The predicted octanol–water partition coefficient (Wildman–Crippen LogP) is 2.72. The lowest BCUT2D eigenvalue weighted by molar-refractivity contribution is -0.116. The number of aliphatic hydroxyl groups is 3. The van der Waals surface area contributed by atoms with Crippen molar-refractivity contribution >= 4 is 17.8 Å². The van der Waals surface area contributed by atoms with Crippen molar-refractivity contribution in [2.24, 2.45) is 4.99 Å². The van der Waals surface area contributed by atoms with E-state index in [1.807, 2.05) is 67.8 Å². The average molecular weight is 492 g/mol. The Morgan fingerprint density at radius 2 is 1.83 bits per heavy atom. The Bertz CT molecular complexity index is 1230. The minimum atomic E-state index is -1.27. The standard InChI is InChI=1S/C27H33N5O4/c1-27(16-33)24(35)23(34)26(36-27)32-15-21(19-7-5-4-6-8-19)22-14-31(17-28-25(22)32)29-20-11-9-18(10-12-20)13-30(2)3/h4-12,15,17,23-24,26,29,33-35H,13-14,16H2,1-3H3/t23-,24+,26+,27+/m0/s1. The van der Waals surface area contributed by atoms with Gasteiger partial charge in [0.2, 0.25) is 0 Å². The van der Waals surface area contributed by atoms with Gasteiger partial charge in [0.1, 0.15) is 30.0 Å². The van der Waals surface area contributed by atoms with Crippen LogP contribution in [0.1, 0.15) is 24.3 Å². The molecule has 3 aromatic rings. The fourth-order valence-electron chi connectivity index (χ4n) is 4.82. The Kier molecular flexibility index (Phi) is 6.59. The van der Waals surface area contributed by atoms with Gasteiger partial charge in [-0.3, -0.25) is 10.4 Å². The third-order valence-corrected chi connectivity index (χ3v) is 6.79. The molecule has 0 amide bonds. The zero-order valence-corrected chi connectivity index (χ0v) is 20.7. The number of hydrogen-bond acceptors (Lipinski definition) is 8. The molecule has 0 spiro atoms. The van der Waals surface area contributed by atoms with E-state index < -0.39 is 30.6 Å². The summed E-state index contributed by atoms with van der Waals surface area (Å²) in [5.74, 6) is 0.645. The van der Waals surface area contributed by atoms with E-state index in [9.17, 15) is 15.3 Å². The molecule has 0 saturated carbocycles. The zero-order chi connectivity index (χ0) is 25.4. The second-order valence-electron chi connectivity index (χ2n) is 9.95. The largest absolute Gasteiger partial charge is 0.393 e. The van der Waals surface area contributed by atoms with Gasteiger partial charge in [0.15, 0.2) is 6.23 Å². The number of nitrogens with one attached hydrogen (secondary N) is 1. The van der Waals surface area contributed by atoms with Crippen molar-refractivity contribution in [3.8, 4) is 11.1 Å². The van der Waals surface area contributed by atoms with E-state index in [2.05, 4.69) is 22.5 Å². The first-order valence-corrected chi connectivity index (χ1v) is 12.0. The molecule has 1 aromatic heterocycles. The van der Waals surface area contributed by atoms with Gasteiger partial charge < -0.3 is 29.5 Å². The number of aliphatic imine (C=N–C) groups is 1. The van der Waals surface area contributed by atoms with Crippen LogP contribution in [0.4, 0.5) is 11.5 Å². The van der Waals surface area contributed by atoms with E-state index in [4.69, 9.17) is 9.73 Å². The van der Waals surface area contributed by atoms with Gasteiger partial charge in [-0.15, -0.1) is 0 Å². The highest BCUT2D eigenvalue weighted by molar-refractivity contribution is 5.77. The number of benzene rings is 2. The molecule has 9 heteroatoms. The summed E-state index contributed by atoms with van der Waals surface area (Å²) in [6, 6.07) is 18.3. The number of hydrogen-bond donors (Lipinski definition) is 4. The van der Waals surface area contributed by atoms with E-state index in [0.29, 0.717) is 12.4 Å². The molecule has 0 radical (unpaired) electrons. The second kappa shape index (κ2) is 9.68. The Morgan fingerprint density at radius 3 is 2.47 bits per heavy atom. The minimum absolute atomic E-state index is 0.412. The third-order valence-electron chi connectivity index (χ3n) is 6.79. The van der Waals surface area contributed by atoms with Crippen LogP contribution in [0.2, 0.25) is 0 Å². The molecule has 3 heterocycles. The summed E-state index contributed by atoms with van der Waals surface area (Å²) in [6.45, 7) is 2.58. The van der Waals surface area contributed by atoms with Crippen LogP contribution >= 0.6 is 0 Å². The van der Waals surface area contributed by atoms with Gasteiger partial charge in [0.05, 0.1) is 18.8 Å². The quantitative estimate of drug-likeness (QED) is 0.403. The Hall–Kier alpha value is -3.21. The van der Waals surface area contributed by atoms with Crippen molar-refractivity contribution in [2.75, 3.05) is 26.1 Å². The number of aliphatic hydroxyl groups excluding tert-OH is 3. The first-order valence-electron chi connectivity index (χ1n) is 12.0. The summed E-state index contributed by atoms with van der Waals surface area (Å²) in [4.78, 5) is 6.84. The molecule has 0 unspecified atom stereocenters. The van der Waals surface area contributed by atoms with E-state index >= 15 is 0 Å². The lowest BCUT2D eigenvalue weighted by atomic mass is 9.99. The van der Waals surface area contributed by atoms with Gasteiger partial charge in [0, 0.05) is 23.9 Å². The van der Waals surface area contributed by atoms with Gasteiger partial charge in [-0.1, -0.05) is 42.5 Å². The molecule has 9 nitrogen and oxygen atoms in total. The van der Waals surface area contributed by atoms with Crippen molar-refractivity contribution in [1.82, 2.24) is 14.5 Å². The SMILES string of the molecule is CN(C)Cc1ccc(NN2C=Nc3c(c(-c4ccccc4)cn3[C@@H]3O[C@](C)(CO)[C@H](O)[C@@H]3O)C2)cc1. The lowest BCUT2D eigenvalue weighted by Crippen LogP contribution is -2.43. The monoisotopic (exact) mass is 491 g/mol. The van der Waals surface area contributed by atoms with Gasteiger partial charge in [-0.25, -0.2) is 4.99 Å². The zero-order valence-electron chi connectivity index (χ0n) is 20.7. The minimum Gasteiger partial charge on any atom is -0.393 e. The van der Waals surface area contributed by atoms with E-state index in [1.54, 1.807) is 17.8 Å². The lowest BCUT2D eigenvalue weighted by Gasteiger charge is -2.27. The molecule has 4 atom stereocenters. The number of fused-ring (bicyclic) bond motifs is 1. The van der Waals surface area contributed by atoms with Crippen molar-refractivity contribution in [3.05, 3.63) is 71.9 Å². The summed E-state index contributed by atoms with van der Waals surface area (Å²) >= 11 is 0. The summed E-state index contributed by atoms with van der Waals surface area (Å²) in [5.41, 5.74) is 7.25. The molecule has 2 aromatic carbocycles. The summed E-state index contributed by atoms with van der Waals surface area (Å²) < 4.78 is 7.75. The fraction of sp³-hybridized carbons (Fsp3) is 0.370. The van der Waals surface area contributed by atoms with Crippen LogP contribution < -0.4 is 5.43 Å². The molecular weight excluding hydrogens is 458 g/mol. The van der Waals surface area contributed by atoms with Crippen LogP contribution in [0.3, 0.4) is 0 Å². The third kappa shape index (κ3) is 4.52. The predicted molar refractivity (Wildman–Crippen MR) is 139 cm³/mol. The Morgan fingerprint density at radius 1 is 1.11 bits per heavy atom. The smallest absolute Gasteiger partial charge is 0.164 e. The molecule has 36 heavy (non-hydrogen) atoms. The molecule has 4 N–H and O–H groups in total. The Balaban J connectivity index is 1.46. The molecule has 190 valence electrons. The van der Waals surface area contributed by atoms with Crippen LogP contribution in [0.5, 0.6) is 0 Å². The number of nitrogens with zero attached hydrogens (tertiary/aromatic N) is 4. The molecular formula is C27H33N5O4. The maximum atomic E-state index is 10.8. The number of aromatic nitrogens is 1. The number of hydrazine groups is 1. The number of ether oxygens (including phenoxy) is 1. The van der Waals surface area contributed by atoms with E-state index in [0.717, 1.165) is 28.9 Å². The highest BCUT2D eigenvalue weighted by Gasteiger charge is 2.52. The van der Waals surface area contributed by atoms with Crippen LogP contribution in [-0.4, -0.2) is 74.6 Å². The fourth-order valence-corrected chi connectivity index (χ4v) is 4.82. The van der Waals surface area contributed by atoms with Crippen LogP contribution in [0, 0.1) is 0 Å².